The second kappa shape index (κ2) is 8.40. The predicted octanol–water partition coefficient (Wildman–Crippen LogP) is 3.65. The van der Waals surface area contributed by atoms with E-state index in [-0.39, 0.29) is 18.5 Å². The van der Waals surface area contributed by atoms with Crippen molar-refractivity contribution in [1.29, 1.82) is 0 Å². The minimum atomic E-state index is -0.906. The van der Waals surface area contributed by atoms with Gasteiger partial charge in [0.1, 0.15) is 5.75 Å². The van der Waals surface area contributed by atoms with E-state index >= 15 is 0 Å². The summed E-state index contributed by atoms with van der Waals surface area (Å²) in [5.41, 5.74) is 1.16. The molecule has 0 spiro atoms. The number of halogens is 2. The molecule has 6 heteroatoms. The number of ether oxygens (including phenoxy) is 1. The fourth-order valence-corrected chi connectivity index (χ4v) is 2.19. The number of hydrogen-bond donors (Lipinski definition) is 2. The molecule has 0 aliphatic heterocycles. The van der Waals surface area contributed by atoms with Crippen molar-refractivity contribution in [2.45, 2.75) is 19.9 Å². The Morgan fingerprint density at radius 3 is 2.62 bits per heavy atom. The van der Waals surface area contributed by atoms with E-state index in [0.29, 0.717) is 23.6 Å². The number of carbonyl (C=O) groups excluding carboxylic acids is 1. The molecule has 2 rings (SSSR count). The van der Waals surface area contributed by atoms with Crippen molar-refractivity contribution >= 4 is 11.6 Å². The highest BCUT2D eigenvalue weighted by atomic mass is 19.2. The first-order chi connectivity index (χ1) is 11.5. The third kappa shape index (κ3) is 4.76. The van der Waals surface area contributed by atoms with Crippen LogP contribution >= 0.6 is 0 Å². The summed E-state index contributed by atoms with van der Waals surface area (Å²) in [6, 6.07) is 10.5. The lowest BCUT2D eigenvalue weighted by molar-refractivity contribution is -0.115. The van der Waals surface area contributed by atoms with Gasteiger partial charge in [0.25, 0.3) is 0 Å². The van der Waals surface area contributed by atoms with Gasteiger partial charge >= 0.3 is 0 Å². The number of rotatable bonds is 7. The second-order valence-electron chi connectivity index (χ2n) is 5.25. The standard InChI is InChI=1S/C18H20F2N2O2/c1-3-24-17-7-5-4-6-16(17)22-18(23)11-21-12(2)13-8-9-14(19)15(20)10-13/h4-10,12,21H,3,11H2,1-2H3,(H,22,23)/t12-/m0/s1. The maximum absolute atomic E-state index is 13.2. The van der Waals surface area contributed by atoms with E-state index in [9.17, 15) is 13.6 Å². The molecule has 24 heavy (non-hydrogen) atoms. The van der Waals surface area contributed by atoms with Crippen molar-refractivity contribution in [1.82, 2.24) is 5.32 Å². The largest absolute Gasteiger partial charge is 0.492 e. The highest BCUT2D eigenvalue weighted by Crippen LogP contribution is 2.23. The minimum Gasteiger partial charge on any atom is -0.492 e. The molecule has 0 saturated heterocycles. The molecule has 2 aromatic carbocycles. The quantitative estimate of drug-likeness (QED) is 0.812. The average molecular weight is 334 g/mol. The van der Waals surface area contributed by atoms with Crippen LogP contribution in [0.3, 0.4) is 0 Å². The highest BCUT2D eigenvalue weighted by Gasteiger charge is 2.12. The van der Waals surface area contributed by atoms with Crippen LogP contribution in [0.5, 0.6) is 5.75 Å². The Morgan fingerprint density at radius 2 is 1.92 bits per heavy atom. The van der Waals surface area contributed by atoms with E-state index in [0.717, 1.165) is 12.1 Å². The van der Waals surface area contributed by atoms with E-state index in [1.807, 2.05) is 13.0 Å². The SMILES string of the molecule is CCOc1ccccc1NC(=O)CN[C@@H](C)c1ccc(F)c(F)c1. The van der Waals surface area contributed by atoms with E-state index in [1.165, 1.54) is 6.07 Å². The lowest BCUT2D eigenvalue weighted by Crippen LogP contribution is -2.30. The fourth-order valence-electron chi connectivity index (χ4n) is 2.19. The van der Waals surface area contributed by atoms with Gasteiger partial charge in [0.15, 0.2) is 11.6 Å². The zero-order chi connectivity index (χ0) is 17.5. The van der Waals surface area contributed by atoms with Crippen molar-refractivity contribution in [3.05, 3.63) is 59.7 Å². The summed E-state index contributed by atoms with van der Waals surface area (Å²) in [7, 11) is 0. The molecule has 0 aromatic heterocycles. The predicted molar refractivity (Wildman–Crippen MR) is 89.0 cm³/mol. The number of hydrogen-bond acceptors (Lipinski definition) is 3. The summed E-state index contributed by atoms with van der Waals surface area (Å²) in [4.78, 5) is 12.1. The van der Waals surface area contributed by atoms with Crippen molar-refractivity contribution in [2.24, 2.45) is 0 Å². The van der Waals surface area contributed by atoms with E-state index in [1.54, 1.807) is 25.1 Å². The molecule has 0 heterocycles. The average Bonchev–Trinajstić information content (AvgIpc) is 2.57. The Balaban J connectivity index is 1.92. The van der Waals surface area contributed by atoms with Gasteiger partial charge in [0, 0.05) is 6.04 Å². The van der Waals surface area contributed by atoms with Crippen molar-refractivity contribution in [2.75, 3.05) is 18.5 Å². The molecule has 2 N–H and O–H groups in total. The second-order valence-corrected chi connectivity index (χ2v) is 5.25. The molecule has 0 bridgehead atoms. The van der Waals surface area contributed by atoms with Crippen molar-refractivity contribution in [3.8, 4) is 5.75 Å². The Labute approximate surface area is 139 Å². The topological polar surface area (TPSA) is 50.4 Å². The first-order valence-corrected chi connectivity index (χ1v) is 7.71. The minimum absolute atomic E-state index is 0.0284. The molecule has 0 fully saturated rings. The number of carbonyl (C=O) groups is 1. The number of anilines is 1. The van der Waals surface area contributed by atoms with Gasteiger partial charge in [0.05, 0.1) is 18.8 Å². The van der Waals surface area contributed by atoms with Gasteiger partial charge in [-0.15, -0.1) is 0 Å². The number of para-hydroxylation sites is 2. The summed E-state index contributed by atoms with van der Waals surface area (Å²) >= 11 is 0. The van der Waals surface area contributed by atoms with Crippen molar-refractivity contribution in [3.63, 3.8) is 0 Å². The maximum Gasteiger partial charge on any atom is 0.238 e. The number of nitrogens with one attached hydrogen (secondary N) is 2. The van der Waals surface area contributed by atoms with E-state index in [4.69, 9.17) is 4.74 Å². The summed E-state index contributed by atoms with van der Waals surface area (Å²) in [6.45, 7) is 4.16. The first kappa shape index (κ1) is 17.9. The van der Waals surface area contributed by atoms with Crippen LogP contribution < -0.4 is 15.4 Å². The summed E-state index contributed by atoms with van der Waals surface area (Å²) < 4.78 is 31.6. The van der Waals surface area contributed by atoms with Crippen LogP contribution in [-0.4, -0.2) is 19.1 Å². The normalized spacial score (nSPS) is 11.8. The van der Waals surface area contributed by atoms with Crippen LogP contribution in [0.25, 0.3) is 0 Å². The van der Waals surface area contributed by atoms with Gasteiger partial charge in [-0.05, 0) is 43.7 Å². The van der Waals surface area contributed by atoms with Crippen LogP contribution in [-0.2, 0) is 4.79 Å². The molecular formula is C18H20F2N2O2. The summed E-state index contributed by atoms with van der Waals surface area (Å²) in [5.74, 6) is -1.45. The van der Waals surface area contributed by atoms with E-state index in [2.05, 4.69) is 10.6 Å². The lowest BCUT2D eigenvalue weighted by atomic mass is 10.1. The van der Waals surface area contributed by atoms with Gasteiger partial charge in [-0.1, -0.05) is 18.2 Å². The van der Waals surface area contributed by atoms with Gasteiger partial charge < -0.3 is 15.4 Å². The van der Waals surface area contributed by atoms with Crippen LogP contribution in [0.4, 0.5) is 14.5 Å². The fraction of sp³-hybridized carbons (Fsp3) is 0.278. The zero-order valence-corrected chi connectivity index (χ0v) is 13.6. The number of amides is 1. The van der Waals surface area contributed by atoms with Gasteiger partial charge in [0.2, 0.25) is 5.91 Å². The maximum atomic E-state index is 13.2. The molecule has 0 radical (unpaired) electrons. The Morgan fingerprint density at radius 1 is 1.17 bits per heavy atom. The summed E-state index contributed by atoms with van der Waals surface area (Å²) in [5, 5.41) is 5.74. The monoisotopic (exact) mass is 334 g/mol. The first-order valence-electron chi connectivity index (χ1n) is 7.71. The van der Waals surface area contributed by atoms with Gasteiger partial charge in [-0.25, -0.2) is 8.78 Å². The molecular weight excluding hydrogens is 314 g/mol. The lowest BCUT2D eigenvalue weighted by Gasteiger charge is -2.15. The Hall–Kier alpha value is -2.47. The van der Waals surface area contributed by atoms with Crippen LogP contribution in [0, 0.1) is 11.6 Å². The molecule has 0 aliphatic rings. The number of benzene rings is 2. The van der Waals surface area contributed by atoms with E-state index < -0.39 is 11.6 Å². The zero-order valence-electron chi connectivity index (χ0n) is 13.6. The highest BCUT2D eigenvalue weighted by molar-refractivity contribution is 5.93. The van der Waals surface area contributed by atoms with Gasteiger partial charge in [-0.3, -0.25) is 4.79 Å². The smallest absolute Gasteiger partial charge is 0.238 e. The third-order valence-corrected chi connectivity index (χ3v) is 3.47. The van der Waals surface area contributed by atoms with Crippen LogP contribution in [0.15, 0.2) is 42.5 Å². The Kier molecular flexibility index (Phi) is 6.26. The molecule has 4 nitrogen and oxygen atoms in total. The van der Waals surface area contributed by atoms with Crippen molar-refractivity contribution < 1.29 is 18.3 Å². The van der Waals surface area contributed by atoms with Gasteiger partial charge in [-0.2, -0.15) is 0 Å². The molecule has 0 aliphatic carbocycles. The Bertz CT molecular complexity index is 707. The molecule has 1 atom stereocenters. The molecule has 1 amide bonds. The molecule has 128 valence electrons. The third-order valence-electron chi connectivity index (χ3n) is 3.47. The molecule has 2 aromatic rings. The molecule has 0 unspecified atom stereocenters. The van der Waals surface area contributed by atoms with Crippen LogP contribution in [0.2, 0.25) is 0 Å². The molecule has 0 saturated carbocycles. The summed E-state index contributed by atoms with van der Waals surface area (Å²) in [6.07, 6.45) is 0. The van der Waals surface area contributed by atoms with Crippen LogP contribution in [0.1, 0.15) is 25.5 Å².